The van der Waals surface area contributed by atoms with E-state index in [1.54, 1.807) is 6.92 Å². The fourth-order valence-corrected chi connectivity index (χ4v) is 6.49. The summed E-state index contributed by atoms with van der Waals surface area (Å²) in [5.41, 5.74) is 3.09. The van der Waals surface area contributed by atoms with E-state index in [1.165, 1.54) is 25.7 Å². The SMILES string of the molecule is CC(=O)N1CCC2CCCC(CN(C(=O)Cn3ccc4ccccc43)Cc3ccccc31)N2CC1CC1. The maximum Gasteiger partial charge on any atom is 0.242 e. The van der Waals surface area contributed by atoms with E-state index in [-0.39, 0.29) is 11.8 Å². The van der Waals surface area contributed by atoms with Crippen LogP contribution in [0, 0.1) is 5.92 Å². The molecule has 0 N–H and O–H groups in total. The lowest BCUT2D eigenvalue weighted by Crippen LogP contribution is -2.53. The Hall–Kier alpha value is -3.12. The molecule has 0 spiro atoms. The third-order valence-corrected chi connectivity index (χ3v) is 8.66. The zero-order valence-corrected chi connectivity index (χ0v) is 21.9. The number of hydrogen-bond donors (Lipinski definition) is 0. The van der Waals surface area contributed by atoms with Gasteiger partial charge in [0.25, 0.3) is 0 Å². The molecule has 2 amide bonds. The smallest absolute Gasteiger partial charge is 0.242 e. The fourth-order valence-electron chi connectivity index (χ4n) is 6.49. The van der Waals surface area contributed by atoms with E-state index in [1.807, 2.05) is 41.4 Å². The number of carbonyl (C=O) groups is 2. The van der Waals surface area contributed by atoms with Gasteiger partial charge in [-0.15, -0.1) is 0 Å². The maximum absolute atomic E-state index is 14.0. The molecule has 0 radical (unpaired) electrons. The maximum atomic E-state index is 14.0. The van der Waals surface area contributed by atoms with Crippen LogP contribution in [0.2, 0.25) is 0 Å². The second-order valence-electron chi connectivity index (χ2n) is 11.2. The van der Waals surface area contributed by atoms with Crippen LogP contribution in [0.4, 0.5) is 5.69 Å². The van der Waals surface area contributed by atoms with Crippen LogP contribution in [-0.4, -0.2) is 57.9 Å². The van der Waals surface area contributed by atoms with Gasteiger partial charge >= 0.3 is 0 Å². The number of carbonyl (C=O) groups excluding carboxylic acids is 2. The quantitative estimate of drug-likeness (QED) is 0.505. The molecule has 2 fully saturated rings. The number of para-hydroxylation sites is 2. The Morgan fingerprint density at radius 1 is 0.892 bits per heavy atom. The summed E-state index contributed by atoms with van der Waals surface area (Å²) in [7, 11) is 0. The zero-order valence-electron chi connectivity index (χ0n) is 21.9. The first kappa shape index (κ1) is 24.2. The number of fused-ring (bicyclic) bond motifs is 4. The van der Waals surface area contributed by atoms with Gasteiger partial charge in [-0.2, -0.15) is 0 Å². The van der Waals surface area contributed by atoms with Crippen molar-refractivity contribution in [3.8, 4) is 0 Å². The Labute approximate surface area is 219 Å². The highest BCUT2D eigenvalue weighted by Gasteiger charge is 2.37. The predicted octanol–water partition coefficient (Wildman–Crippen LogP) is 5.06. The molecular weight excluding hydrogens is 460 g/mol. The molecule has 2 bridgehead atoms. The van der Waals surface area contributed by atoms with Gasteiger partial charge in [-0.3, -0.25) is 14.5 Å². The van der Waals surface area contributed by atoms with Crippen molar-refractivity contribution < 1.29 is 9.59 Å². The van der Waals surface area contributed by atoms with Gasteiger partial charge in [-0.1, -0.05) is 42.8 Å². The number of hydrogen-bond acceptors (Lipinski definition) is 3. The molecule has 3 heterocycles. The minimum absolute atomic E-state index is 0.0736. The highest BCUT2D eigenvalue weighted by atomic mass is 16.2. The van der Waals surface area contributed by atoms with Gasteiger partial charge in [0, 0.05) is 62.6 Å². The van der Waals surface area contributed by atoms with Gasteiger partial charge in [0.05, 0.1) is 0 Å². The molecule has 1 aliphatic carbocycles. The minimum Gasteiger partial charge on any atom is -0.338 e. The molecule has 37 heavy (non-hydrogen) atoms. The molecule has 1 saturated carbocycles. The van der Waals surface area contributed by atoms with Crippen LogP contribution in [0.25, 0.3) is 10.9 Å². The van der Waals surface area contributed by atoms with Crippen LogP contribution >= 0.6 is 0 Å². The number of anilines is 1. The minimum atomic E-state index is 0.0736. The first-order valence-corrected chi connectivity index (χ1v) is 14.0. The van der Waals surface area contributed by atoms with E-state index in [0.29, 0.717) is 25.2 Å². The van der Waals surface area contributed by atoms with Crippen LogP contribution in [0.3, 0.4) is 0 Å². The summed E-state index contributed by atoms with van der Waals surface area (Å²) in [4.78, 5) is 33.6. The van der Waals surface area contributed by atoms with Crippen LogP contribution in [0.15, 0.2) is 60.8 Å². The van der Waals surface area contributed by atoms with E-state index in [4.69, 9.17) is 0 Å². The van der Waals surface area contributed by atoms with Crippen LogP contribution in [-0.2, 0) is 22.7 Å². The lowest BCUT2D eigenvalue weighted by Gasteiger charge is -2.44. The summed E-state index contributed by atoms with van der Waals surface area (Å²) in [6.45, 7) is 5.12. The Balaban J connectivity index is 1.35. The van der Waals surface area contributed by atoms with Crippen molar-refractivity contribution in [3.05, 3.63) is 66.4 Å². The third kappa shape index (κ3) is 5.17. The van der Waals surface area contributed by atoms with Crippen molar-refractivity contribution in [2.24, 2.45) is 5.92 Å². The number of amides is 2. The van der Waals surface area contributed by atoms with Gasteiger partial charge in [0.1, 0.15) is 6.54 Å². The molecular formula is C31H38N4O2. The van der Waals surface area contributed by atoms with E-state index in [9.17, 15) is 9.59 Å². The highest BCUT2D eigenvalue weighted by Crippen LogP contribution is 2.36. The number of benzene rings is 2. The molecule has 3 aliphatic rings. The van der Waals surface area contributed by atoms with Crippen molar-refractivity contribution >= 4 is 28.4 Å². The van der Waals surface area contributed by atoms with Crippen LogP contribution in [0.5, 0.6) is 0 Å². The summed E-state index contributed by atoms with van der Waals surface area (Å²) < 4.78 is 2.07. The first-order chi connectivity index (χ1) is 18.1. The van der Waals surface area contributed by atoms with Crippen LogP contribution < -0.4 is 4.90 Å². The number of nitrogens with zero attached hydrogens (tertiary/aromatic N) is 4. The molecule has 6 nitrogen and oxygen atoms in total. The molecule has 3 aromatic rings. The Kier molecular flexibility index (Phi) is 6.76. The third-order valence-electron chi connectivity index (χ3n) is 8.66. The number of aromatic nitrogens is 1. The van der Waals surface area contributed by atoms with Gasteiger partial charge < -0.3 is 14.4 Å². The molecule has 2 unspecified atom stereocenters. The van der Waals surface area contributed by atoms with Gasteiger partial charge in [0.15, 0.2) is 0 Å². The lowest BCUT2D eigenvalue weighted by atomic mass is 9.92. The molecule has 194 valence electrons. The standard InChI is InChI=1S/C31H38N4O2/c1-23(36)34-18-16-27-9-6-10-28(35(27)19-24-13-14-24)21-33(20-26-8-3-5-12-30(26)34)31(37)22-32-17-15-25-7-2-4-11-29(25)32/h2-5,7-8,11-12,15,17,24,27-28H,6,9-10,13-14,16,18-22H2,1H3. The molecule has 1 saturated heterocycles. The second-order valence-corrected chi connectivity index (χ2v) is 11.2. The fraction of sp³-hybridized carbons (Fsp3) is 0.484. The molecule has 2 atom stereocenters. The lowest BCUT2D eigenvalue weighted by molar-refractivity contribution is -0.133. The second kappa shape index (κ2) is 10.3. The average Bonchev–Trinajstić information content (AvgIpc) is 3.63. The van der Waals surface area contributed by atoms with Crippen molar-refractivity contribution in [3.63, 3.8) is 0 Å². The molecule has 1 aromatic heterocycles. The zero-order chi connectivity index (χ0) is 25.4. The Morgan fingerprint density at radius 3 is 2.51 bits per heavy atom. The molecule has 2 aromatic carbocycles. The topological polar surface area (TPSA) is 48.8 Å². The largest absolute Gasteiger partial charge is 0.338 e. The Morgan fingerprint density at radius 2 is 1.68 bits per heavy atom. The van der Waals surface area contributed by atoms with Crippen molar-refractivity contribution in [1.82, 2.24) is 14.4 Å². The highest BCUT2D eigenvalue weighted by molar-refractivity contribution is 5.92. The van der Waals surface area contributed by atoms with E-state index >= 15 is 0 Å². The number of piperidine rings is 1. The average molecular weight is 499 g/mol. The molecule has 6 rings (SSSR count). The van der Waals surface area contributed by atoms with E-state index in [2.05, 4.69) is 38.6 Å². The summed E-state index contributed by atoms with van der Waals surface area (Å²) in [5.74, 6) is 1.01. The summed E-state index contributed by atoms with van der Waals surface area (Å²) in [5, 5.41) is 1.15. The molecule has 6 heteroatoms. The van der Waals surface area contributed by atoms with E-state index in [0.717, 1.165) is 60.5 Å². The van der Waals surface area contributed by atoms with Crippen molar-refractivity contribution in [1.29, 1.82) is 0 Å². The normalized spacial score (nSPS) is 22.9. The van der Waals surface area contributed by atoms with Gasteiger partial charge in [-0.25, -0.2) is 0 Å². The van der Waals surface area contributed by atoms with Crippen LogP contribution in [0.1, 0.15) is 51.0 Å². The summed E-state index contributed by atoms with van der Waals surface area (Å²) in [6, 6.07) is 19.3. The number of rotatable bonds is 4. The van der Waals surface area contributed by atoms with E-state index < -0.39 is 0 Å². The van der Waals surface area contributed by atoms with Gasteiger partial charge in [-0.05, 0) is 67.2 Å². The Bertz CT molecular complexity index is 1280. The van der Waals surface area contributed by atoms with Crippen molar-refractivity contribution in [2.75, 3.05) is 24.5 Å². The van der Waals surface area contributed by atoms with Crippen molar-refractivity contribution in [2.45, 2.75) is 70.6 Å². The van der Waals surface area contributed by atoms with Gasteiger partial charge in [0.2, 0.25) is 11.8 Å². The summed E-state index contributed by atoms with van der Waals surface area (Å²) in [6.07, 6.45) is 9.16. The summed E-state index contributed by atoms with van der Waals surface area (Å²) >= 11 is 0. The first-order valence-electron chi connectivity index (χ1n) is 14.0. The monoisotopic (exact) mass is 498 g/mol. The predicted molar refractivity (Wildman–Crippen MR) is 147 cm³/mol. The molecule has 2 aliphatic heterocycles.